The fourth-order valence-corrected chi connectivity index (χ4v) is 11.3. The molecule has 4 fully saturated rings. The standard InChI is InChI=1S/C40H75N5O4/c1-27(2)37(38(48)49-6)45-36(47)16-11-28(3)32-14-15-33-31-13-12-29-25-30(17-18-39(29,4)34(31)26-35(46)40(32,33)5)44-24-10-23-43-21-8-7-20-42-22-9-19-41/h27-35,37,42-44,46H,7-26,41H2,1-6H3,(H,45,47)/t28-,29-,30+,31+,32-,33+,34+,35+,37+,39+,40-/m1/s1. The van der Waals surface area contributed by atoms with Crippen LogP contribution in [-0.4, -0.2) is 81.5 Å². The molecule has 0 aromatic carbocycles. The average molecular weight is 690 g/mol. The van der Waals surface area contributed by atoms with Crippen molar-refractivity contribution in [3.05, 3.63) is 0 Å². The molecule has 284 valence electrons. The van der Waals surface area contributed by atoms with Crippen LogP contribution in [0, 0.1) is 52.3 Å². The van der Waals surface area contributed by atoms with Gasteiger partial charge in [0.15, 0.2) is 0 Å². The fraction of sp³-hybridized carbons (Fsp3) is 0.950. The van der Waals surface area contributed by atoms with Crippen molar-refractivity contribution in [1.82, 2.24) is 21.3 Å². The predicted molar refractivity (Wildman–Crippen MR) is 199 cm³/mol. The van der Waals surface area contributed by atoms with Gasteiger partial charge >= 0.3 is 5.97 Å². The molecule has 4 aliphatic rings. The zero-order chi connectivity index (χ0) is 35.6. The molecule has 0 bridgehead atoms. The molecule has 9 heteroatoms. The van der Waals surface area contributed by atoms with Crippen LogP contribution < -0.4 is 27.0 Å². The van der Waals surface area contributed by atoms with Gasteiger partial charge in [0, 0.05) is 12.5 Å². The van der Waals surface area contributed by atoms with Crippen molar-refractivity contribution in [3.63, 3.8) is 0 Å². The summed E-state index contributed by atoms with van der Waals surface area (Å²) in [6, 6.07) is 0.0216. The highest BCUT2D eigenvalue weighted by atomic mass is 16.5. The molecule has 1 amide bonds. The molecule has 0 radical (unpaired) electrons. The van der Waals surface area contributed by atoms with Gasteiger partial charge in [0.1, 0.15) is 6.04 Å². The third-order valence-electron chi connectivity index (χ3n) is 14.3. The number of aliphatic hydroxyl groups is 1. The summed E-state index contributed by atoms with van der Waals surface area (Å²) < 4.78 is 4.91. The molecule has 7 N–H and O–H groups in total. The summed E-state index contributed by atoms with van der Waals surface area (Å²) in [6.45, 7) is 17.3. The van der Waals surface area contributed by atoms with Crippen molar-refractivity contribution in [2.24, 2.45) is 58.0 Å². The van der Waals surface area contributed by atoms with Crippen LogP contribution in [-0.2, 0) is 14.3 Å². The molecule has 0 aromatic rings. The van der Waals surface area contributed by atoms with Gasteiger partial charge in [-0.15, -0.1) is 0 Å². The molecule has 9 nitrogen and oxygen atoms in total. The van der Waals surface area contributed by atoms with E-state index >= 15 is 0 Å². The Balaban J connectivity index is 1.21. The van der Waals surface area contributed by atoms with E-state index in [-0.39, 0.29) is 29.3 Å². The van der Waals surface area contributed by atoms with Crippen LogP contribution in [0.15, 0.2) is 0 Å². The minimum Gasteiger partial charge on any atom is -0.467 e. The van der Waals surface area contributed by atoms with E-state index in [2.05, 4.69) is 42.0 Å². The number of nitrogens with one attached hydrogen (secondary N) is 4. The summed E-state index contributed by atoms with van der Waals surface area (Å²) >= 11 is 0. The zero-order valence-corrected chi connectivity index (χ0v) is 32.2. The van der Waals surface area contributed by atoms with E-state index < -0.39 is 6.04 Å². The smallest absolute Gasteiger partial charge is 0.328 e. The quantitative estimate of drug-likeness (QED) is 0.0776. The van der Waals surface area contributed by atoms with Crippen molar-refractivity contribution >= 4 is 11.9 Å². The molecule has 0 unspecified atom stereocenters. The molecule has 4 saturated carbocycles. The summed E-state index contributed by atoms with van der Waals surface area (Å²) in [6.07, 6.45) is 15.4. The Kier molecular flexibility index (Phi) is 15.7. The van der Waals surface area contributed by atoms with Crippen molar-refractivity contribution in [3.8, 4) is 0 Å². The maximum atomic E-state index is 12.9. The number of hydrogen-bond acceptors (Lipinski definition) is 8. The molecule has 0 spiro atoms. The fourth-order valence-electron chi connectivity index (χ4n) is 11.3. The lowest BCUT2D eigenvalue weighted by Gasteiger charge is -2.62. The van der Waals surface area contributed by atoms with Crippen molar-refractivity contribution in [2.45, 2.75) is 143 Å². The van der Waals surface area contributed by atoms with E-state index in [1.54, 1.807) is 0 Å². The normalized spacial score (nSPS) is 35.2. The van der Waals surface area contributed by atoms with E-state index in [0.29, 0.717) is 47.5 Å². The molecule has 0 aliphatic heterocycles. The average Bonchev–Trinajstić information content (AvgIpc) is 3.45. The van der Waals surface area contributed by atoms with Crippen LogP contribution >= 0.6 is 0 Å². The van der Waals surface area contributed by atoms with Crippen molar-refractivity contribution < 1.29 is 19.4 Å². The summed E-state index contributed by atoms with van der Waals surface area (Å²) in [4.78, 5) is 25.1. The van der Waals surface area contributed by atoms with Gasteiger partial charge in [0.2, 0.25) is 5.91 Å². The highest BCUT2D eigenvalue weighted by Crippen LogP contribution is 2.68. The van der Waals surface area contributed by atoms with Crippen LogP contribution in [0.1, 0.15) is 125 Å². The Morgan fingerprint density at radius 2 is 1.57 bits per heavy atom. The second-order valence-electron chi connectivity index (χ2n) is 17.4. The molecule has 0 aromatic heterocycles. The maximum Gasteiger partial charge on any atom is 0.328 e. The SMILES string of the molecule is COC(=O)[C@@H](NC(=O)CC[C@@H](C)[C@H]1CC[C@H]2[C@@H]3CC[C@@H]4C[C@@H](NCCCNCCCCNCCCN)CC[C@]4(C)[C@H]3C[C@H](O)[C@]12C)C(C)C. The minimum atomic E-state index is -0.608. The number of aliphatic hydroxyl groups excluding tert-OH is 1. The first kappa shape index (κ1) is 40.5. The largest absolute Gasteiger partial charge is 0.467 e. The van der Waals surface area contributed by atoms with Crippen LogP contribution in [0.3, 0.4) is 0 Å². The molecule has 4 rings (SSSR count). The third kappa shape index (κ3) is 9.79. The van der Waals surface area contributed by atoms with E-state index in [1.165, 1.54) is 64.9 Å². The van der Waals surface area contributed by atoms with Gasteiger partial charge in [-0.25, -0.2) is 4.79 Å². The zero-order valence-electron chi connectivity index (χ0n) is 32.2. The summed E-state index contributed by atoms with van der Waals surface area (Å²) in [5.74, 6) is 2.93. The summed E-state index contributed by atoms with van der Waals surface area (Å²) in [7, 11) is 1.37. The molecular weight excluding hydrogens is 614 g/mol. The number of amides is 1. The molecular formula is C40H75N5O4. The molecule has 0 heterocycles. The highest BCUT2D eigenvalue weighted by Gasteiger charge is 2.63. The molecule has 0 saturated heterocycles. The van der Waals surface area contributed by atoms with Gasteiger partial charge in [-0.3, -0.25) is 4.79 Å². The number of methoxy groups -OCH3 is 1. The Labute approximate surface area is 299 Å². The van der Waals surface area contributed by atoms with E-state index in [1.807, 2.05) is 13.8 Å². The third-order valence-corrected chi connectivity index (χ3v) is 14.3. The lowest BCUT2D eigenvalue weighted by Crippen LogP contribution is -2.59. The monoisotopic (exact) mass is 690 g/mol. The predicted octanol–water partition coefficient (Wildman–Crippen LogP) is 5.00. The van der Waals surface area contributed by atoms with Gasteiger partial charge < -0.3 is 36.8 Å². The maximum absolute atomic E-state index is 12.9. The number of esters is 1. The van der Waals surface area contributed by atoms with Crippen molar-refractivity contribution in [2.75, 3.05) is 46.4 Å². The second kappa shape index (κ2) is 19.0. The van der Waals surface area contributed by atoms with E-state index in [9.17, 15) is 14.7 Å². The van der Waals surface area contributed by atoms with Gasteiger partial charge in [-0.05, 0) is 175 Å². The number of nitrogens with two attached hydrogens (primary N) is 1. The first-order valence-corrected chi connectivity index (χ1v) is 20.4. The van der Waals surface area contributed by atoms with Crippen LogP contribution in [0.4, 0.5) is 0 Å². The number of hydrogen-bond donors (Lipinski definition) is 6. The van der Waals surface area contributed by atoms with Crippen molar-refractivity contribution in [1.29, 1.82) is 0 Å². The van der Waals surface area contributed by atoms with E-state index in [0.717, 1.165) is 70.9 Å². The Hall–Kier alpha value is -1.26. The number of carbonyl (C=O) groups is 2. The summed E-state index contributed by atoms with van der Waals surface area (Å²) in [5.41, 5.74) is 5.79. The Morgan fingerprint density at radius 3 is 2.24 bits per heavy atom. The van der Waals surface area contributed by atoms with E-state index in [4.69, 9.17) is 10.5 Å². The van der Waals surface area contributed by atoms with Gasteiger partial charge in [-0.2, -0.15) is 0 Å². The topological polar surface area (TPSA) is 138 Å². The van der Waals surface area contributed by atoms with Gasteiger partial charge in [0.05, 0.1) is 13.2 Å². The van der Waals surface area contributed by atoms with Gasteiger partial charge in [-0.1, -0.05) is 34.6 Å². The second-order valence-corrected chi connectivity index (χ2v) is 17.4. The number of rotatable bonds is 20. The van der Waals surface area contributed by atoms with Crippen LogP contribution in [0.25, 0.3) is 0 Å². The molecule has 11 atom stereocenters. The Morgan fingerprint density at radius 1 is 0.878 bits per heavy atom. The number of unbranched alkanes of at least 4 members (excludes halogenated alkanes) is 1. The van der Waals surface area contributed by atoms with Crippen LogP contribution in [0.2, 0.25) is 0 Å². The lowest BCUT2D eigenvalue weighted by molar-refractivity contribution is -0.169. The molecule has 4 aliphatic carbocycles. The number of ether oxygens (including phenoxy) is 1. The Bertz CT molecular complexity index is 1030. The first-order chi connectivity index (χ1) is 23.5. The molecule has 49 heavy (non-hydrogen) atoms. The number of carbonyl (C=O) groups excluding carboxylic acids is 2. The highest BCUT2D eigenvalue weighted by molar-refractivity contribution is 5.84. The first-order valence-electron chi connectivity index (χ1n) is 20.4. The number of fused-ring (bicyclic) bond motifs is 5. The van der Waals surface area contributed by atoms with Gasteiger partial charge in [0.25, 0.3) is 0 Å². The lowest BCUT2D eigenvalue weighted by atomic mass is 9.43. The minimum absolute atomic E-state index is 0.0234. The summed E-state index contributed by atoms with van der Waals surface area (Å²) in [5, 5.41) is 25.9. The van der Waals surface area contributed by atoms with Crippen LogP contribution in [0.5, 0.6) is 0 Å².